The molecule has 0 aliphatic carbocycles. The number of tetrazole rings is 2. The van der Waals surface area contributed by atoms with Crippen molar-refractivity contribution < 1.29 is 4.79 Å². The first kappa shape index (κ1) is 25.3. The molecule has 0 N–H and O–H groups in total. The topological polar surface area (TPSA) is 104 Å². The number of carbonyl (C=O) groups excluding carboxylic acids is 1. The van der Waals surface area contributed by atoms with Gasteiger partial charge in [0.15, 0.2) is 0 Å². The molecular formula is C27H34N8O. The van der Waals surface area contributed by atoms with Crippen molar-refractivity contribution in [3.63, 3.8) is 0 Å². The maximum absolute atomic E-state index is 12.6. The first-order valence-electron chi connectivity index (χ1n) is 12.6. The van der Waals surface area contributed by atoms with Crippen molar-refractivity contribution >= 4 is 5.78 Å². The zero-order valence-corrected chi connectivity index (χ0v) is 21.1. The fourth-order valence-corrected chi connectivity index (χ4v) is 4.86. The number of ketones is 1. The van der Waals surface area contributed by atoms with Crippen LogP contribution in [0, 0.1) is 0 Å². The van der Waals surface area contributed by atoms with Gasteiger partial charge >= 0.3 is 0 Å². The van der Waals surface area contributed by atoms with Crippen LogP contribution >= 0.6 is 0 Å². The molecule has 9 heteroatoms. The second-order valence-corrected chi connectivity index (χ2v) is 9.74. The molecule has 0 saturated carbocycles. The number of unbranched alkanes of at least 4 members (excludes halogenated alkanes) is 2. The minimum Gasteiger partial charge on any atom is -0.300 e. The molecule has 0 fully saturated rings. The summed E-state index contributed by atoms with van der Waals surface area (Å²) in [6.45, 7) is 4.30. The standard InChI is InChI=1S/C27H34N8O/c1-26(34-21-28-30-32-34,23-13-5-3-6-14-23)19-11-9-17-25(36)18-10-12-20-27(2,35-22-29-31-33-35)24-15-7-4-8-16-24/h3-8,13-16,21-22H,9-12,17-20H2,1-2H3. The van der Waals surface area contributed by atoms with Crippen LogP contribution in [0.3, 0.4) is 0 Å². The van der Waals surface area contributed by atoms with Crippen molar-refractivity contribution in [2.75, 3.05) is 0 Å². The molecular weight excluding hydrogens is 452 g/mol. The third-order valence-electron chi connectivity index (χ3n) is 7.24. The quantitative estimate of drug-likeness (QED) is 0.240. The highest BCUT2D eigenvalue weighted by Crippen LogP contribution is 2.32. The van der Waals surface area contributed by atoms with E-state index in [2.05, 4.69) is 69.2 Å². The van der Waals surface area contributed by atoms with E-state index < -0.39 is 0 Å². The average molecular weight is 487 g/mol. The van der Waals surface area contributed by atoms with E-state index in [0.717, 1.165) is 49.7 Å². The van der Waals surface area contributed by atoms with Gasteiger partial charge in [-0.15, -0.1) is 10.2 Å². The average Bonchev–Trinajstić information content (AvgIpc) is 3.65. The molecule has 2 aromatic carbocycles. The number of benzene rings is 2. The molecule has 9 nitrogen and oxygen atoms in total. The Balaban J connectivity index is 1.24. The zero-order chi connectivity index (χ0) is 25.3. The van der Waals surface area contributed by atoms with Crippen LogP contribution in [-0.2, 0) is 15.9 Å². The van der Waals surface area contributed by atoms with Crippen LogP contribution in [0.1, 0.15) is 76.3 Å². The van der Waals surface area contributed by atoms with Crippen LogP contribution in [0.4, 0.5) is 0 Å². The lowest BCUT2D eigenvalue weighted by molar-refractivity contribution is -0.119. The lowest BCUT2D eigenvalue weighted by Crippen LogP contribution is -2.32. The Morgan fingerprint density at radius 2 is 1.08 bits per heavy atom. The van der Waals surface area contributed by atoms with Gasteiger partial charge in [0.1, 0.15) is 18.4 Å². The van der Waals surface area contributed by atoms with Gasteiger partial charge in [0, 0.05) is 12.8 Å². The summed E-state index contributed by atoms with van der Waals surface area (Å²) in [5.74, 6) is 0.322. The second-order valence-electron chi connectivity index (χ2n) is 9.74. The van der Waals surface area contributed by atoms with Crippen molar-refractivity contribution in [1.29, 1.82) is 0 Å². The number of nitrogens with zero attached hydrogens (tertiary/aromatic N) is 8. The second kappa shape index (κ2) is 11.8. The SMILES string of the molecule is CC(CCCCC(=O)CCCCC(C)(c1ccccc1)n1cnnn1)(c1ccccc1)n1cnnn1. The van der Waals surface area contributed by atoms with Gasteiger partial charge in [0.2, 0.25) is 0 Å². The number of Topliss-reactive ketones (excluding diaryl/α,β-unsaturated/α-hetero) is 1. The van der Waals surface area contributed by atoms with Crippen molar-refractivity contribution in [3.05, 3.63) is 84.4 Å². The Labute approximate surface area is 211 Å². The first-order chi connectivity index (χ1) is 17.5. The number of hydrogen-bond acceptors (Lipinski definition) is 7. The molecule has 0 spiro atoms. The molecule has 0 aliphatic heterocycles. The Bertz CT molecular complexity index is 1090. The Morgan fingerprint density at radius 3 is 1.44 bits per heavy atom. The monoisotopic (exact) mass is 486 g/mol. The minimum atomic E-state index is -0.341. The summed E-state index contributed by atoms with van der Waals surface area (Å²) in [5, 5.41) is 23.6. The summed E-state index contributed by atoms with van der Waals surface area (Å²) in [4.78, 5) is 12.6. The van der Waals surface area contributed by atoms with Gasteiger partial charge in [-0.05, 0) is 71.5 Å². The summed E-state index contributed by atoms with van der Waals surface area (Å²) in [6.07, 6.45) is 9.80. The fourth-order valence-electron chi connectivity index (χ4n) is 4.86. The number of rotatable bonds is 14. The molecule has 0 aliphatic rings. The zero-order valence-electron chi connectivity index (χ0n) is 21.1. The number of aromatic nitrogens is 8. The van der Waals surface area contributed by atoms with Crippen molar-refractivity contribution in [1.82, 2.24) is 40.4 Å². The van der Waals surface area contributed by atoms with Gasteiger partial charge in [-0.2, -0.15) is 0 Å². The number of hydrogen-bond donors (Lipinski definition) is 0. The van der Waals surface area contributed by atoms with E-state index in [1.807, 2.05) is 45.8 Å². The minimum absolute atomic E-state index is 0.322. The van der Waals surface area contributed by atoms with Gasteiger partial charge in [-0.3, -0.25) is 4.79 Å². The third kappa shape index (κ3) is 5.90. The number of carbonyl (C=O) groups is 1. The van der Waals surface area contributed by atoms with E-state index in [4.69, 9.17) is 0 Å². The van der Waals surface area contributed by atoms with Gasteiger partial charge < -0.3 is 0 Å². The molecule has 0 saturated heterocycles. The van der Waals surface area contributed by atoms with Crippen LogP contribution < -0.4 is 0 Å². The normalized spacial score (nSPS) is 14.7. The first-order valence-corrected chi connectivity index (χ1v) is 12.6. The van der Waals surface area contributed by atoms with Gasteiger partial charge in [-0.1, -0.05) is 73.5 Å². The molecule has 4 rings (SSSR count). The highest BCUT2D eigenvalue weighted by molar-refractivity contribution is 5.78. The smallest absolute Gasteiger partial charge is 0.139 e. The van der Waals surface area contributed by atoms with E-state index in [9.17, 15) is 4.79 Å². The maximum atomic E-state index is 12.6. The van der Waals surface area contributed by atoms with Crippen molar-refractivity contribution in [2.45, 2.75) is 76.3 Å². The molecule has 0 bridgehead atoms. The molecule has 4 aromatic rings. The van der Waals surface area contributed by atoms with Crippen LogP contribution in [0.2, 0.25) is 0 Å². The summed E-state index contributed by atoms with van der Waals surface area (Å²) in [6, 6.07) is 20.6. The molecule has 188 valence electrons. The fraction of sp³-hybridized carbons (Fsp3) is 0.444. The predicted octanol–water partition coefficient (Wildman–Crippen LogP) is 4.58. The Hall–Kier alpha value is -3.75. The van der Waals surface area contributed by atoms with E-state index in [1.54, 1.807) is 12.7 Å². The molecule has 0 amide bonds. The van der Waals surface area contributed by atoms with Crippen LogP contribution in [0.25, 0.3) is 0 Å². The molecule has 2 unspecified atom stereocenters. The van der Waals surface area contributed by atoms with Crippen molar-refractivity contribution in [2.24, 2.45) is 0 Å². The predicted molar refractivity (Wildman–Crippen MR) is 136 cm³/mol. The van der Waals surface area contributed by atoms with E-state index in [-0.39, 0.29) is 11.1 Å². The Kier molecular flexibility index (Phi) is 8.30. The molecule has 36 heavy (non-hydrogen) atoms. The summed E-state index contributed by atoms with van der Waals surface area (Å²) in [7, 11) is 0. The third-order valence-corrected chi connectivity index (χ3v) is 7.24. The maximum Gasteiger partial charge on any atom is 0.139 e. The highest BCUT2D eigenvalue weighted by atomic mass is 16.1. The lowest BCUT2D eigenvalue weighted by Gasteiger charge is -2.30. The van der Waals surface area contributed by atoms with Gasteiger partial charge in [0.25, 0.3) is 0 Å². The highest BCUT2D eigenvalue weighted by Gasteiger charge is 2.30. The van der Waals surface area contributed by atoms with Crippen LogP contribution in [0.15, 0.2) is 73.3 Å². The molecule has 2 aromatic heterocycles. The van der Waals surface area contributed by atoms with E-state index in [1.165, 1.54) is 0 Å². The Morgan fingerprint density at radius 1 is 0.667 bits per heavy atom. The van der Waals surface area contributed by atoms with Gasteiger partial charge in [0.05, 0.1) is 11.1 Å². The lowest BCUT2D eigenvalue weighted by atomic mass is 9.86. The summed E-state index contributed by atoms with van der Waals surface area (Å²) in [5.41, 5.74) is 1.64. The van der Waals surface area contributed by atoms with E-state index in [0.29, 0.717) is 18.6 Å². The van der Waals surface area contributed by atoms with Crippen LogP contribution in [-0.4, -0.2) is 46.2 Å². The van der Waals surface area contributed by atoms with E-state index >= 15 is 0 Å². The summed E-state index contributed by atoms with van der Waals surface area (Å²) < 4.78 is 3.64. The molecule has 2 atom stereocenters. The van der Waals surface area contributed by atoms with Gasteiger partial charge in [-0.25, -0.2) is 9.36 Å². The largest absolute Gasteiger partial charge is 0.300 e. The molecule has 0 radical (unpaired) electrons. The summed E-state index contributed by atoms with van der Waals surface area (Å²) >= 11 is 0. The molecule has 2 heterocycles. The van der Waals surface area contributed by atoms with Crippen molar-refractivity contribution in [3.8, 4) is 0 Å². The van der Waals surface area contributed by atoms with Crippen LogP contribution in [0.5, 0.6) is 0 Å².